The smallest absolute Gasteiger partial charge is 0.290 e. The summed E-state index contributed by atoms with van der Waals surface area (Å²) >= 11 is 0. The number of nitrogens with zero attached hydrogens (tertiary/aromatic N) is 1. The van der Waals surface area contributed by atoms with Crippen LogP contribution in [0.25, 0.3) is 0 Å². The third-order valence-corrected chi connectivity index (χ3v) is 4.45. The molecule has 0 saturated heterocycles. The van der Waals surface area contributed by atoms with E-state index in [1.807, 2.05) is 0 Å². The maximum Gasteiger partial charge on any atom is 0.290 e. The molecule has 1 amide bonds. The van der Waals surface area contributed by atoms with E-state index in [0.717, 1.165) is 0 Å². The van der Waals surface area contributed by atoms with Crippen LogP contribution >= 0.6 is 0 Å². The van der Waals surface area contributed by atoms with E-state index in [0.29, 0.717) is 24.4 Å². The van der Waals surface area contributed by atoms with Gasteiger partial charge < -0.3 is 19.2 Å². The number of carbonyl (C=O) groups is 2. The predicted octanol–water partition coefficient (Wildman–Crippen LogP) is 3.34. The summed E-state index contributed by atoms with van der Waals surface area (Å²) in [6, 6.07) is 7.80. The van der Waals surface area contributed by atoms with E-state index in [9.17, 15) is 19.1 Å². The van der Waals surface area contributed by atoms with Gasteiger partial charge in [-0.1, -0.05) is 12.1 Å². The maximum absolute atomic E-state index is 13.4. The van der Waals surface area contributed by atoms with E-state index < -0.39 is 29.3 Å². The quantitative estimate of drug-likeness (QED) is 0.595. The van der Waals surface area contributed by atoms with Gasteiger partial charge in [-0.25, -0.2) is 4.39 Å². The molecule has 0 unspecified atom stereocenters. The SMILES string of the molecule is COCCCN1C(=O)C(O)=C(C(=O)c2ccc(C)o2)[C@@H]1c1ccc(F)cc1. The highest BCUT2D eigenvalue weighted by atomic mass is 19.1. The van der Waals surface area contributed by atoms with Gasteiger partial charge in [0.25, 0.3) is 5.91 Å². The molecule has 0 aliphatic carbocycles. The molecule has 1 aliphatic rings. The molecule has 3 rings (SSSR count). The fourth-order valence-electron chi connectivity index (χ4n) is 3.18. The van der Waals surface area contributed by atoms with E-state index in [2.05, 4.69) is 0 Å². The number of ketones is 1. The molecule has 0 radical (unpaired) electrons. The van der Waals surface area contributed by atoms with Crippen molar-refractivity contribution in [1.29, 1.82) is 0 Å². The second-order valence-electron chi connectivity index (χ2n) is 6.30. The zero-order chi connectivity index (χ0) is 19.6. The van der Waals surface area contributed by atoms with Crippen molar-refractivity contribution >= 4 is 11.7 Å². The van der Waals surface area contributed by atoms with Gasteiger partial charge in [0.2, 0.25) is 5.78 Å². The summed E-state index contributed by atoms with van der Waals surface area (Å²) in [7, 11) is 1.55. The number of methoxy groups -OCH3 is 1. The van der Waals surface area contributed by atoms with E-state index in [1.54, 1.807) is 20.1 Å². The molecule has 2 aromatic rings. The Bertz CT molecular complexity index is 884. The van der Waals surface area contributed by atoms with Crippen molar-refractivity contribution in [3.63, 3.8) is 0 Å². The van der Waals surface area contributed by atoms with Crippen molar-refractivity contribution in [1.82, 2.24) is 4.90 Å². The highest BCUT2D eigenvalue weighted by molar-refractivity contribution is 6.15. The lowest BCUT2D eigenvalue weighted by Gasteiger charge is -2.26. The van der Waals surface area contributed by atoms with Crippen LogP contribution in [0, 0.1) is 12.7 Å². The first-order valence-corrected chi connectivity index (χ1v) is 8.53. The third kappa shape index (κ3) is 3.64. The minimum Gasteiger partial charge on any atom is -0.503 e. The highest BCUT2D eigenvalue weighted by Gasteiger charge is 2.44. The normalized spacial score (nSPS) is 17.1. The van der Waals surface area contributed by atoms with Gasteiger partial charge in [-0.3, -0.25) is 9.59 Å². The van der Waals surface area contributed by atoms with E-state index >= 15 is 0 Å². The summed E-state index contributed by atoms with van der Waals surface area (Å²) < 4.78 is 23.8. The molecule has 1 N–H and O–H groups in total. The number of hydrogen-bond donors (Lipinski definition) is 1. The minimum absolute atomic E-state index is 0.0349. The number of benzene rings is 1. The van der Waals surface area contributed by atoms with Crippen molar-refractivity contribution in [2.75, 3.05) is 20.3 Å². The van der Waals surface area contributed by atoms with Crippen molar-refractivity contribution in [3.8, 4) is 0 Å². The molecule has 1 aromatic heterocycles. The molecule has 0 fully saturated rings. The summed E-state index contributed by atoms with van der Waals surface area (Å²) in [5.74, 6) is -1.69. The van der Waals surface area contributed by atoms with Gasteiger partial charge >= 0.3 is 0 Å². The second-order valence-corrected chi connectivity index (χ2v) is 6.30. The molecule has 1 atom stereocenters. The average Bonchev–Trinajstić information content (AvgIpc) is 3.19. The number of halogens is 1. The van der Waals surface area contributed by atoms with Gasteiger partial charge in [0.15, 0.2) is 11.5 Å². The first-order chi connectivity index (χ1) is 12.9. The summed E-state index contributed by atoms with van der Waals surface area (Å²) in [5.41, 5.74) is 0.455. The van der Waals surface area contributed by atoms with Crippen LogP contribution in [0.3, 0.4) is 0 Å². The van der Waals surface area contributed by atoms with E-state index in [-0.39, 0.29) is 17.9 Å². The summed E-state index contributed by atoms with van der Waals surface area (Å²) in [6.45, 7) is 2.38. The Morgan fingerprint density at radius 1 is 1.26 bits per heavy atom. The Kier molecular flexibility index (Phi) is 5.41. The first-order valence-electron chi connectivity index (χ1n) is 8.53. The van der Waals surface area contributed by atoms with Crippen LogP contribution in [0.2, 0.25) is 0 Å². The maximum atomic E-state index is 13.4. The van der Waals surface area contributed by atoms with Gasteiger partial charge in [-0.2, -0.15) is 0 Å². The van der Waals surface area contributed by atoms with Crippen molar-refractivity contribution in [3.05, 3.63) is 70.6 Å². The number of rotatable bonds is 7. The number of furan rings is 1. The summed E-state index contributed by atoms with van der Waals surface area (Å²) in [4.78, 5) is 27.0. The highest BCUT2D eigenvalue weighted by Crippen LogP contribution is 2.39. The molecular formula is C20H20FNO5. The van der Waals surface area contributed by atoms with Crippen LogP contribution in [0.1, 0.15) is 34.3 Å². The van der Waals surface area contributed by atoms with E-state index in [1.165, 1.54) is 35.2 Å². The lowest BCUT2D eigenvalue weighted by molar-refractivity contribution is -0.129. The van der Waals surface area contributed by atoms with Crippen LogP contribution in [0.15, 0.2) is 52.1 Å². The molecule has 2 heterocycles. The molecule has 0 spiro atoms. The number of aliphatic hydroxyl groups is 1. The van der Waals surface area contributed by atoms with Crippen LogP contribution < -0.4 is 0 Å². The van der Waals surface area contributed by atoms with E-state index in [4.69, 9.17) is 9.15 Å². The standard InChI is InChI=1S/C20H20FNO5/c1-12-4-9-15(27-12)18(23)16-17(13-5-7-14(21)8-6-13)22(10-3-11-26-2)20(25)19(16)24/h4-9,17,24H,3,10-11H2,1-2H3/t17-/m0/s1. The van der Waals surface area contributed by atoms with Crippen molar-refractivity contribution in [2.24, 2.45) is 0 Å². The van der Waals surface area contributed by atoms with Crippen molar-refractivity contribution < 1.29 is 28.2 Å². The average molecular weight is 373 g/mol. The molecule has 7 heteroatoms. The van der Waals surface area contributed by atoms with Crippen LogP contribution in [-0.2, 0) is 9.53 Å². The van der Waals surface area contributed by atoms with Crippen LogP contribution in [0.5, 0.6) is 0 Å². The Balaban J connectivity index is 2.03. The lowest BCUT2D eigenvalue weighted by atomic mass is 9.95. The molecule has 142 valence electrons. The topological polar surface area (TPSA) is 80.0 Å². The van der Waals surface area contributed by atoms with Crippen LogP contribution in [0.4, 0.5) is 4.39 Å². The fraction of sp³-hybridized carbons (Fsp3) is 0.300. The monoisotopic (exact) mass is 373 g/mol. The first kappa shape index (κ1) is 18.8. The Morgan fingerprint density at radius 2 is 1.96 bits per heavy atom. The predicted molar refractivity (Wildman–Crippen MR) is 94.8 cm³/mol. The number of aliphatic hydroxyl groups excluding tert-OH is 1. The number of Topliss-reactive ketones (excluding diaryl/α,β-unsaturated/α-hetero) is 1. The number of ether oxygens (including phenoxy) is 1. The fourth-order valence-corrected chi connectivity index (χ4v) is 3.18. The summed E-state index contributed by atoms with van der Waals surface area (Å²) in [5, 5.41) is 10.4. The van der Waals surface area contributed by atoms with Gasteiger partial charge in [0.1, 0.15) is 11.6 Å². The molecule has 1 aromatic carbocycles. The second kappa shape index (κ2) is 7.75. The lowest BCUT2D eigenvalue weighted by Crippen LogP contribution is -2.32. The minimum atomic E-state index is -0.826. The number of amides is 1. The molecule has 1 aliphatic heterocycles. The summed E-state index contributed by atoms with van der Waals surface area (Å²) in [6.07, 6.45) is 0.522. The Morgan fingerprint density at radius 3 is 2.56 bits per heavy atom. The van der Waals surface area contributed by atoms with Gasteiger partial charge in [0, 0.05) is 20.3 Å². The zero-order valence-electron chi connectivity index (χ0n) is 15.1. The molecule has 0 saturated carbocycles. The third-order valence-electron chi connectivity index (χ3n) is 4.45. The Labute approximate surface area is 155 Å². The largest absolute Gasteiger partial charge is 0.503 e. The molecule has 0 bridgehead atoms. The molecular weight excluding hydrogens is 353 g/mol. The Hall–Kier alpha value is -2.93. The zero-order valence-corrected chi connectivity index (χ0v) is 15.1. The molecule has 6 nitrogen and oxygen atoms in total. The van der Waals surface area contributed by atoms with Gasteiger partial charge in [0.05, 0.1) is 11.6 Å². The number of hydrogen-bond acceptors (Lipinski definition) is 5. The van der Waals surface area contributed by atoms with Gasteiger partial charge in [-0.05, 0) is 43.2 Å². The van der Waals surface area contributed by atoms with Crippen LogP contribution in [-0.4, -0.2) is 42.0 Å². The van der Waals surface area contributed by atoms with Gasteiger partial charge in [-0.15, -0.1) is 0 Å². The number of carbonyl (C=O) groups excluding carboxylic acids is 2. The molecule has 27 heavy (non-hydrogen) atoms. The number of aryl methyl sites for hydroxylation is 1. The van der Waals surface area contributed by atoms with Crippen molar-refractivity contribution in [2.45, 2.75) is 19.4 Å².